The molecule has 0 aliphatic carbocycles. The van der Waals surface area contributed by atoms with E-state index in [9.17, 15) is 9.59 Å². The van der Waals surface area contributed by atoms with Gasteiger partial charge in [-0.3, -0.25) is 14.5 Å². The lowest BCUT2D eigenvalue weighted by Gasteiger charge is -2.34. The lowest BCUT2D eigenvalue weighted by Crippen LogP contribution is -2.48. The zero-order chi connectivity index (χ0) is 23.9. The van der Waals surface area contributed by atoms with E-state index in [1.807, 2.05) is 34.8 Å². The number of hydrogen-bond acceptors (Lipinski definition) is 6. The molecular formula is C25H29N5O3S. The van der Waals surface area contributed by atoms with Crippen molar-refractivity contribution in [2.75, 3.05) is 44.4 Å². The number of benzene rings is 2. The normalized spacial score (nSPS) is 14.1. The molecule has 0 spiro atoms. The Morgan fingerprint density at radius 1 is 1.03 bits per heavy atom. The van der Waals surface area contributed by atoms with Gasteiger partial charge in [0.15, 0.2) is 5.16 Å². The average molecular weight is 480 g/mol. The van der Waals surface area contributed by atoms with Gasteiger partial charge in [0.1, 0.15) is 5.75 Å². The summed E-state index contributed by atoms with van der Waals surface area (Å²) < 4.78 is 7.09. The topological polar surface area (TPSA) is 79.7 Å². The van der Waals surface area contributed by atoms with E-state index in [1.54, 1.807) is 37.6 Å². The van der Waals surface area contributed by atoms with Gasteiger partial charge in [-0.2, -0.15) is 0 Å². The molecule has 1 aliphatic heterocycles. The molecule has 2 aromatic carbocycles. The molecule has 0 atom stereocenters. The number of aryl methyl sites for hydroxylation is 1. The first-order valence-electron chi connectivity index (χ1n) is 11.2. The van der Waals surface area contributed by atoms with Crippen LogP contribution in [0, 0.1) is 0 Å². The number of piperazine rings is 1. The number of methoxy groups -OCH3 is 1. The molecule has 9 heteroatoms. The van der Waals surface area contributed by atoms with Crippen LogP contribution < -0.4 is 10.1 Å². The van der Waals surface area contributed by atoms with E-state index in [2.05, 4.69) is 27.3 Å². The van der Waals surface area contributed by atoms with E-state index in [0.717, 1.165) is 30.5 Å². The first-order chi connectivity index (χ1) is 16.5. The summed E-state index contributed by atoms with van der Waals surface area (Å²) in [6.07, 6.45) is 3.55. The largest absolute Gasteiger partial charge is 0.497 e. The van der Waals surface area contributed by atoms with Gasteiger partial charge in [0.25, 0.3) is 5.91 Å². The van der Waals surface area contributed by atoms with Crippen LogP contribution in [0.3, 0.4) is 0 Å². The number of nitrogens with zero attached hydrogens (tertiary/aromatic N) is 4. The molecule has 1 N–H and O–H groups in total. The number of rotatable bonds is 8. The van der Waals surface area contributed by atoms with Crippen molar-refractivity contribution >= 4 is 29.3 Å². The molecule has 4 rings (SSSR count). The predicted molar refractivity (Wildman–Crippen MR) is 133 cm³/mol. The van der Waals surface area contributed by atoms with Crippen LogP contribution in [-0.4, -0.2) is 70.2 Å². The lowest BCUT2D eigenvalue weighted by molar-refractivity contribution is -0.113. The van der Waals surface area contributed by atoms with E-state index in [-0.39, 0.29) is 17.6 Å². The minimum absolute atomic E-state index is 0.0207. The summed E-state index contributed by atoms with van der Waals surface area (Å²) in [5, 5.41) is 3.66. The highest BCUT2D eigenvalue weighted by Crippen LogP contribution is 2.18. The minimum atomic E-state index is -0.111. The molecule has 2 amide bonds. The fourth-order valence-electron chi connectivity index (χ4n) is 3.80. The quantitative estimate of drug-likeness (QED) is 0.500. The van der Waals surface area contributed by atoms with Crippen molar-refractivity contribution < 1.29 is 14.3 Å². The number of thioether (sulfide) groups is 1. The predicted octanol–water partition coefficient (Wildman–Crippen LogP) is 3.12. The molecular weight excluding hydrogens is 450 g/mol. The number of hydrogen-bond donors (Lipinski definition) is 1. The van der Waals surface area contributed by atoms with E-state index in [1.165, 1.54) is 17.3 Å². The van der Waals surface area contributed by atoms with E-state index < -0.39 is 0 Å². The Morgan fingerprint density at radius 2 is 1.74 bits per heavy atom. The third-order valence-electron chi connectivity index (χ3n) is 5.75. The van der Waals surface area contributed by atoms with Crippen molar-refractivity contribution in [3.05, 3.63) is 72.1 Å². The van der Waals surface area contributed by atoms with Gasteiger partial charge >= 0.3 is 0 Å². The Balaban J connectivity index is 1.23. The number of aromatic nitrogens is 2. The van der Waals surface area contributed by atoms with Crippen molar-refractivity contribution in [2.24, 2.45) is 7.05 Å². The Labute approximate surface area is 203 Å². The van der Waals surface area contributed by atoms with Crippen LogP contribution in [0.4, 0.5) is 5.69 Å². The highest BCUT2D eigenvalue weighted by atomic mass is 32.2. The number of imidazole rings is 1. The van der Waals surface area contributed by atoms with E-state index >= 15 is 0 Å². The van der Waals surface area contributed by atoms with Gasteiger partial charge < -0.3 is 19.5 Å². The summed E-state index contributed by atoms with van der Waals surface area (Å²) >= 11 is 1.38. The zero-order valence-electron chi connectivity index (χ0n) is 19.4. The fraction of sp³-hybridized carbons (Fsp3) is 0.320. The van der Waals surface area contributed by atoms with Crippen LogP contribution in [0.2, 0.25) is 0 Å². The van der Waals surface area contributed by atoms with E-state index in [4.69, 9.17) is 4.74 Å². The summed E-state index contributed by atoms with van der Waals surface area (Å²) in [4.78, 5) is 33.6. The maximum atomic E-state index is 12.9. The molecule has 34 heavy (non-hydrogen) atoms. The van der Waals surface area contributed by atoms with Gasteiger partial charge in [-0.05, 0) is 42.0 Å². The first kappa shape index (κ1) is 23.8. The van der Waals surface area contributed by atoms with Gasteiger partial charge in [-0.15, -0.1) is 0 Å². The van der Waals surface area contributed by atoms with Crippen LogP contribution in [-0.2, 0) is 18.4 Å². The summed E-state index contributed by atoms with van der Waals surface area (Å²) in [6.45, 7) is 3.91. The molecule has 0 unspecified atom stereocenters. The van der Waals surface area contributed by atoms with Crippen LogP contribution >= 0.6 is 11.8 Å². The second-order valence-electron chi connectivity index (χ2n) is 8.15. The Hall–Kier alpha value is -3.30. The Kier molecular flexibility index (Phi) is 7.87. The minimum Gasteiger partial charge on any atom is -0.497 e. The number of amides is 2. The van der Waals surface area contributed by atoms with Gasteiger partial charge in [0.2, 0.25) is 5.91 Å². The summed E-state index contributed by atoms with van der Waals surface area (Å²) in [7, 11) is 3.56. The number of ether oxygens (including phenoxy) is 1. The average Bonchev–Trinajstić information content (AvgIpc) is 3.28. The molecule has 178 valence electrons. The maximum Gasteiger partial charge on any atom is 0.253 e. The van der Waals surface area contributed by atoms with Crippen LogP contribution in [0.15, 0.2) is 66.1 Å². The number of anilines is 1. The molecule has 3 aromatic rings. The third kappa shape index (κ3) is 6.18. The third-order valence-corrected chi connectivity index (χ3v) is 6.81. The molecule has 2 heterocycles. The molecule has 1 aliphatic rings. The van der Waals surface area contributed by atoms with Gasteiger partial charge in [-0.1, -0.05) is 23.9 Å². The van der Waals surface area contributed by atoms with Crippen LogP contribution in [0.1, 0.15) is 15.9 Å². The molecule has 0 bridgehead atoms. The molecule has 0 radical (unpaired) electrons. The molecule has 8 nitrogen and oxygen atoms in total. The number of carbonyl (C=O) groups excluding carboxylic acids is 2. The van der Waals surface area contributed by atoms with E-state index in [0.29, 0.717) is 24.3 Å². The monoisotopic (exact) mass is 479 g/mol. The molecule has 1 fully saturated rings. The van der Waals surface area contributed by atoms with Crippen molar-refractivity contribution in [1.82, 2.24) is 19.4 Å². The number of nitrogens with one attached hydrogen (secondary N) is 1. The van der Waals surface area contributed by atoms with Gasteiger partial charge in [-0.25, -0.2) is 4.98 Å². The SMILES string of the molecule is COc1ccc(CN2CCN(C(=O)c3ccc(NC(=O)CSc4nccn4C)cc3)CC2)cc1. The highest BCUT2D eigenvalue weighted by Gasteiger charge is 2.22. The van der Waals surface area contributed by atoms with Gasteiger partial charge in [0, 0.05) is 63.4 Å². The molecule has 1 saturated heterocycles. The van der Waals surface area contributed by atoms with Crippen molar-refractivity contribution in [3.63, 3.8) is 0 Å². The molecule has 1 aromatic heterocycles. The van der Waals surface area contributed by atoms with Crippen LogP contribution in [0.25, 0.3) is 0 Å². The zero-order valence-corrected chi connectivity index (χ0v) is 20.3. The summed E-state index contributed by atoms with van der Waals surface area (Å²) in [5.74, 6) is 1.03. The Bertz CT molecular complexity index is 1110. The lowest BCUT2D eigenvalue weighted by atomic mass is 10.1. The Morgan fingerprint density at radius 3 is 2.35 bits per heavy atom. The number of carbonyl (C=O) groups is 2. The first-order valence-corrected chi connectivity index (χ1v) is 12.1. The second kappa shape index (κ2) is 11.2. The van der Waals surface area contributed by atoms with Crippen molar-refractivity contribution in [3.8, 4) is 5.75 Å². The summed E-state index contributed by atoms with van der Waals surface area (Å²) in [5.41, 5.74) is 2.53. The van der Waals surface area contributed by atoms with Gasteiger partial charge in [0.05, 0.1) is 12.9 Å². The summed E-state index contributed by atoms with van der Waals surface area (Å²) in [6, 6.07) is 15.2. The second-order valence-corrected chi connectivity index (χ2v) is 9.09. The molecule has 0 saturated carbocycles. The van der Waals surface area contributed by atoms with Crippen molar-refractivity contribution in [2.45, 2.75) is 11.7 Å². The smallest absolute Gasteiger partial charge is 0.253 e. The van der Waals surface area contributed by atoms with Crippen molar-refractivity contribution in [1.29, 1.82) is 0 Å². The maximum absolute atomic E-state index is 12.9. The van der Waals surface area contributed by atoms with Crippen LogP contribution in [0.5, 0.6) is 5.75 Å². The highest BCUT2D eigenvalue weighted by molar-refractivity contribution is 7.99. The fourth-order valence-corrected chi connectivity index (χ4v) is 4.53. The standard InChI is InChI=1S/C25H29N5O3S/c1-28-12-11-26-25(28)34-18-23(31)27-21-7-5-20(6-8-21)24(32)30-15-13-29(14-16-30)17-19-3-9-22(33-2)10-4-19/h3-12H,13-18H2,1-2H3,(H,27,31).